The van der Waals surface area contributed by atoms with Crippen molar-refractivity contribution in [3.8, 4) is 0 Å². The van der Waals surface area contributed by atoms with Gasteiger partial charge in [-0.1, -0.05) is 6.92 Å². The first-order valence-electron chi connectivity index (χ1n) is 6.22. The van der Waals surface area contributed by atoms with Crippen molar-refractivity contribution in [2.75, 3.05) is 32.7 Å². The van der Waals surface area contributed by atoms with E-state index < -0.39 is 0 Å². The summed E-state index contributed by atoms with van der Waals surface area (Å²) in [6, 6.07) is 4.22. The molecule has 0 aliphatic carbocycles. The van der Waals surface area contributed by atoms with E-state index in [0.29, 0.717) is 0 Å². The normalized spacial score (nSPS) is 18.8. The standard InChI is InChI=1S/C13H21N3/c1-2-7-15-8-10-16(11-9-15)12-13-3-5-14-6-4-13/h3-6H,2,7-12H2,1H3. The highest BCUT2D eigenvalue weighted by atomic mass is 15.3. The van der Waals surface area contributed by atoms with Gasteiger partial charge < -0.3 is 4.90 Å². The van der Waals surface area contributed by atoms with E-state index in [-0.39, 0.29) is 0 Å². The van der Waals surface area contributed by atoms with Gasteiger partial charge in [0.2, 0.25) is 0 Å². The minimum absolute atomic E-state index is 1.07. The summed E-state index contributed by atoms with van der Waals surface area (Å²) in [5.74, 6) is 0. The first-order chi connectivity index (χ1) is 7.88. The molecule has 1 aliphatic heterocycles. The Morgan fingerprint density at radius 1 is 1.06 bits per heavy atom. The van der Waals surface area contributed by atoms with Crippen LogP contribution in [0.2, 0.25) is 0 Å². The Labute approximate surface area is 98.1 Å². The lowest BCUT2D eigenvalue weighted by molar-refractivity contribution is 0.127. The van der Waals surface area contributed by atoms with Gasteiger partial charge in [-0.25, -0.2) is 0 Å². The SMILES string of the molecule is CCCN1CCN(Cc2ccncc2)CC1. The highest BCUT2D eigenvalue weighted by Gasteiger charge is 2.15. The number of aromatic nitrogens is 1. The van der Waals surface area contributed by atoms with Gasteiger partial charge >= 0.3 is 0 Å². The molecule has 1 fully saturated rings. The van der Waals surface area contributed by atoms with Gasteiger partial charge in [0.1, 0.15) is 0 Å². The number of piperazine rings is 1. The van der Waals surface area contributed by atoms with Crippen molar-refractivity contribution in [3.05, 3.63) is 30.1 Å². The van der Waals surface area contributed by atoms with Crippen LogP contribution in [0, 0.1) is 0 Å². The van der Waals surface area contributed by atoms with Crippen molar-refractivity contribution < 1.29 is 0 Å². The van der Waals surface area contributed by atoms with Gasteiger partial charge in [-0.15, -0.1) is 0 Å². The quantitative estimate of drug-likeness (QED) is 0.767. The molecule has 1 aromatic heterocycles. The minimum atomic E-state index is 1.07. The third-order valence-electron chi connectivity index (χ3n) is 3.16. The van der Waals surface area contributed by atoms with Gasteiger partial charge in [0.15, 0.2) is 0 Å². The molecule has 88 valence electrons. The van der Waals surface area contributed by atoms with Crippen LogP contribution in [0.3, 0.4) is 0 Å². The van der Waals surface area contributed by atoms with E-state index in [4.69, 9.17) is 0 Å². The Morgan fingerprint density at radius 3 is 2.31 bits per heavy atom. The van der Waals surface area contributed by atoms with E-state index in [1.807, 2.05) is 12.4 Å². The first kappa shape index (κ1) is 11.6. The number of hydrogen-bond acceptors (Lipinski definition) is 3. The van der Waals surface area contributed by atoms with E-state index in [0.717, 1.165) is 6.54 Å². The van der Waals surface area contributed by atoms with Crippen molar-refractivity contribution in [3.63, 3.8) is 0 Å². The summed E-state index contributed by atoms with van der Waals surface area (Å²) in [7, 11) is 0. The predicted molar refractivity (Wildman–Crippen MR) is 66.2 cm³/mol. The van der Waals surface area contributed by atoms with Crippen molar-refractivity contribution >= 4 is 0 Å². The van der Waals surface area contributed by atoms with Crippen LogP contribution in [-0.2, 0) is 6.54 Å². The summed E-state index contributed by atoms with van der Waals surface area (Å²) in [6.45, 7) is 9.41. The molecule has 0 radical (unpaired) electrons. The summed E-state index contributed by atoms with van der Waals surface area (Å²) in [5, 5.41) is 0. The smallest absolute Gasteiger partial charge is 0.0271 e. The Morgan fingerprint density at radius 2 is 1.69 bits per heavy atom. The maximum Gasteiger partial charge on any atom is 0.0271 e. The second-order valence-electron chi connectivity index (χ2n) is 4.47. The average Bonchev–Trinajstić information content (AvgIpc) is 2.33. The Kier molecular flexibility index (Phi) is 4.31. The second-order valence-corrected chi connectivity index (χ2v) is 4.47. The van der Waals surface area contributed by atoms with E-state index in [1.165, 1.54) is 44.7 Å². The molecule has 0 N–H and O–H groups in total. The lowest BCUT2D eigenvalue weighted by atomic mass is 10.2. The molecule has 1 saturated heterocycles. The zero-order valence-corrected chi connectivity index (χ0v) is 10.1. The third-order valence-corrected chi connectivity index (χ3v) is 3.16. The Balaban J connectivity index is 1.77. The van der Waals surface area contributed by atoms with Gasteiger partial charge in [-0.05, 0) is 30.7 Å². The summed E-state index contributed by atoms with van der Waals surface area (Å²) >= 11 is 0. The summed E-state index contributed by atoms with van der Waals surface area (Å²) in [6.07, 6.45) is 5.02. The van der Waals surface area contributed by atoms with E-state index >= 15 is 0 Å². The fraction of sp³-hybridized carbons (Fsp3) is 0.615. The highest BCUT2D eigenvalue weighted by molar-refractivity contribution is 5.09. The molecule has 3 heteroatoms. The molecule has 0 unspecified atom stereocenters. The van der Waals surface area contributed by atoms with Crippen molar-refractivity contribution in [1.29, 1.82) is 0 Å². The molecule has 2 heterocycles. The van der Waals surface area contributed by atoms with Gasteiger partial charge in [0.25, 0.3) is 0 Å². The summed E-state index contributed by atoms with van der Waals surface area (Å²) in [4.78, 5) is 9.14. The molecular formula is C13H21N3. The van der Waals surface area contributed by atoms with Gasteiger partial charge in [-0.3, -0.25) is 9.88 Å². The van der Waals surface area contributed by atoms with Crippen LogP contribution in [0.25, 0.3) is 0 Å². The lowest BCUT2D eigenvalue weighted by Crippen LogP contribution is -2.45. The number of hydrogen-bond donors (Lipinski definition) is 0. The maximum atomic E-state index is 4.05. The number of pyridine rings is 1. The molecule has 0 atom stereocenters. The van der Waals surface area contributed by atoms with Crippen LogP contribution in [0.15, 0.2) is 24.5 Å². The van der Waals surface area contributed by atoms with Gasteiger partial charge in [0, 0.05) is 45.1 Å². The zero-order valence-electron chi connectivity index (χ0n) is 10.1. The van der Waals surface area contributed by atoms with Crippen molar-refractivity contribution in [1.82, 2.24) is 14.8 Å². The van der Waals surface area contributed by atoms with Crippen molar-refractivity contribution in [2.24, 2.45) is 0 Å². The topological polar surface area (TPSA) is 19.4 Å². The Bertz CT molecular complexity index is 291. The van der Waals surface area contributed by atoms with Crippen LogP contribution in [0.5, 0.6) is 0 Å². The van der Waals surface area contributed by atoms with Crippen LogP contribution < -0.4 is 0 Å². The molecule has 0 amide bonds. The molecular weight excluding hydrogens is 198 g/mol. The maximum absolute atomic E-state index is 4.05. The monoisotopic (exact) mass is 219 g/mol. The molecule has 0 aromatic carbocycles. The second kappa shape index (κ2) is 5.97. The molecule has 1 aliphatic rings. The molecule has 2 rings (SSSR count). The van der Waals surface area contributed by atoms with Crippen molar-refractivity contribution in [2.45, 2.75) is 19.9 Å². The van der Waals surface area contributed by atoms with E-state index in [1.54, 1.807) is 0 Å². The fourth-order valence-corrected chi connectivity index (χ4v) is 2.23. The highest BCUT2D eigenvalue weighted by Crippen LogP contribution is 2.07. The predicted octanol–water partition coefficient (Wildman–Crippen LogP) is 1.61. The van der Waals surface area contributed by atoms with Crippen LogP contribution in [0.1, 0.15) is 18.9 Å². The minimum Gasteiger partial charge on any atom is -0.301 e. The molecule has 16 heavy (non-hydrogen) atoms. The number of nitrogens with zero attached hydrogens (tertiary/aromatic N) is 3. The lowest BCUT2D eigenvalue weighted by Gasteiger charge is -2.34. The molecule has 0 saturated carbocycles. The number of rotatable bonds is 4. The molecule has 0 spiro atoms. The summed E-state index contributed by atoms with van der Waals surface area (Å²) < 4.78 is 0. The Hall–Kier alpha value is -0.930. The summed E-state index contributed by atoms with van der Waals surface area (Å²) in [5.41, 5.74) is 1.37. The molecule has 0 bridgehead atoms. The molecule has 1 aromatic rings. The fourth-order valence-electron chi connectivity index (χ4n) is 2.23. The first-order valence-corrected chi connectivity index (χ1v) is 6.22. The van der Waals surface area contributed by atoms with Crippen LogP contribution in [0.4, 0.5) is 0 Å². The van der Waals surface area contributed by atoms with E-state index in [9.17, 15) is 0 Å². The van der Waals surface area contributed by atoms with Gasteiger partial charge in [0.05, 0.1) is 0 Å². The van der Waals surface area contributed by atoms with E-state index in [2.05, 4.69) is 33.8 Å². The molecule has 3 nitrogen and oxygen atoms in total. The largest absolute Gasteiger partial charge is 0.301 e. The average molecular weight is 219 g/mol. The zero-order chi connectivity index (χ0) is 11.2. The third kappa shape index (κ3) is 3.29. The van der Waals surface area contributed by atoms with Crippen LogP contribution in [-0.4, -0.2) is 47.5 Å². The van der Waals surface area contributed by atoms with Gasteiger partial charge in [-0.2, -0.15) is 0 Å². The van der Waals surface area contributed by atoms with Crippen LogP contribution >= 0.6 is 0 Å².